The Morgan fingerprint density at radius 3 is 2.08 bits per heavy atom. The Bertz CT molecular complexity index is 740. The molecular formula is C19H25NO3S. The van der Waals surface area contributed by atoms with Crippen LogP contribution < -0.4 is 0 Å². The second-order valence-corrected chi connectivity index (χ2v) is 8.31. The second kappa shape index (κ2) is 7.92. The molecule has 1 atom stereocenters. The molecule has 2 rings (SSSR count). The topological polar surface area (TPSA) is 57.6 Å². The first-order valence-electron chi connectivity index (χ1n) is 8.11. The molecule has 2 aromatic carbocycles. The summed E-state index contributed by atoms with van der Waals surface area (Å²) in [5, 5.41) is 10.2. The lowest BCUT2D eigenvalue weighted by molar-refractivity contribution is 0.160. The van der Waals surface area contributed by atoms with Crippen LogP contribution in [0.4, 0.5) is 0 Å². The van der Waals surface area contributed by atoms with Gasteiger partial charge in [0.05, 0.1) is 11.0 Å². The van der Waals surface area contributed by atoms with Crippen molar-refractivity contribution in [3.8, 4) is 0 Å². The van der Waals surface area contributed by atoms with Crippen LogP contribution in [0.5, 0.6) is 0 Å². The van der Waals surface area contributed by atoms with Crippen LogP contribution in [0.2, 0.25) is 0 Å². The average Bonchev–Trinajstić information content (AvgIpc) is 2.60. The van der Waals surface area contributed by atoms with Gasteiger partial charge < -0.3 is 5.11 Å². The third-order valence-electron chi connectivity index (χ3n) is 4.16. The van der Waals surface area contributed by atoms with Crippen molar-refractivity contribution in [3.63, 3.8) is 0 Å². The van der Waals surface area contributed by atoms with Crippen LogP contribution in [0.25, 0.3) is 0 Å². The van der Waals surface area contributed by atoms with Gasteiger partial charge in [0.1, 0.15) is 0 Å². The van der Waals surface area contributed by atoms with Gasteiger partial charge in [-0.25, -0.2) is 12.7 Å². The maximum atomic E-state index is 12.6. The van der Waals surface area contributed by atoms with Gasteiger partial charge >= 0.3 is 0 Å². The second-order valence-electron chi connectivity index (χ2n) is 6.27. The van der Waals surface area contributed by atoms with Crippen LogP contribution in [0.1, 0.15) is 43.4 Å². The zero-order chi connectivity index (χ0) is 17.7. The van der Waals surface area contributed by atoms with E-state index in [1.54, 1.807) is 19.2 Å². The number of aliphatic hydroxyl groups is 1. The van der Waals surface area contributed by atoms with Gasteiger partial charge in [-0.15, -0.1) is 0 Å². The van der Waals surface area contributed by atoms with Crippen molar-refractivity contribution in [2.45, 2.75) is 37.2 Å². The number of sulfonamides is 1. The summed E-state index contributed by atoms with van der Waals surface area (Å²) in [6, 6.07) is 16.3. The molecule has 0 aliphatic carbocycles. The summed E-state index contributed by atoms with van der Waals surface area (Å²) < 4.78 is 26.5. The third-order valence-corrected chi connectivity index (χ3v) is 6.03. The van der Waals surface area contributed by atoms with Gasteiger partial charge in [0.15, 0.2) is 0 Å². The van der Waals surface area contributed by atoms with Crippen LogP contribution in [-0.2, 0) is 10.0 Å². The summed E-state index contributed by atoms with van der Waals surface area (Å²) in [4.78, 5) is 0.281. The number of aliphatic hydroxyl groups excluding tert-OH is 1. The minimum Gasteiger partial charge on any atom is -0.388 e. The smallest absolute Gasteiger partial charge is 0.242 e. The Balaban J connectivity index is 2.03. The Morgan fingerprint density at radius 1 is 0.958 bits per heavy atom. The SMILES string of the molecule is CC(C)c1ccc(S(=O)(=O)N(C)CCC(O)c2ccccc2)cc1. The highest BCUT2D eigenvalue weighted by molar-refractivity contribution is 7.89. The van der Waals surface area contributed by atoms with Gasteiger partial charge in [-0.1, -0.05) is 56.3 Å². The maximum Gasteiger partial charge on any atom is 0.242 e. The van der Waals surface area contributed by atoms with Crippen molar-refractivity contribution in [1.29, 1.82) is 0 Å². The Morgan fingerprint density at radius 2 is 1.54 bits per heavy atom. The zero-order valence-electron chi connectivity index (χ0n) is 14.4. The number of hydrogen-bond acceptors (Lipinski definition) is 3. The molecule has 0 bridgehead atoms. The van der Waals surface area contributed by atoms with Crippen molar-refractivity contribution in [2.75, 3.05) is 13.6 Å². The fraction of sp³-hybridized carbons (Fsp3) is 0.368. The molecule has 1 N–H and O–H groups in total. The molecule has 0 aliphatic heterocycles. The summed E-state index contributed by atoms with van der Waals surface area (Å²) in [5.41, 5.74) is 1.90. The van der Waals surface area contributed by atoms with E-state index in [0.29, 0.717) is 12.3 Å². The summed E-state index contributed by atoms with van der Waals surface area (Å²) in [5.74, 6) is 0.362. The average molecular weight is 347 g/mol. The van der Waals surface area contributed by atoms with Crippen molar-refractivity contribution in [3.05, 3.63) is 65.7 Å². The Labute approximate surface area is 144 Å². The fourth-order valence-electron chi connectivity index (χ4n) is 2.47. The van der Waals surface area contributed by atoms with Crippen LogP contribution >= 0.6 is 0 Å². The van der Waals surface area contributed by atoms with E-state index in [-0.39, 0.29) is 11.4 Å². The highest BCUT2D eigenvalue weighted by atomic mass is 32.2. The van der Waals surface area contributed by atoms with E-state index in [2.05, 4.69) is 13.8 Å². The number of rotatable bonds is 7. The first-order chi connectivity index (χ1) is 11.3. The van der Waals surface area contributed by atoms with Crippen LogP contribution in [-0.4, -0.2) is 31.4 Å². The van der Waals surface area contributed by atoms with E-state index < -0.39 is 16.1 Å². The first-order valence-corrected chi connectivity index (χ1v) is 9.55. The van der Waals surface area contributed by atoms with E-state index in [9.17, 15) is 13.5 Å². The predicted octanol–water partition coefficient (Wildman–Crippen LogP) is 3.55. The van der Waals surface area contributed by atoms with Crippen molar-refractivity contribution in [2.24, 2.45) is 0 Å². The molecule has 0 aliphatic rings. The molecule has 1 unspecified atom stereocenters. The molecule has 0 amide bonds. The lowest BCUT2D eigenvalue weighted by Crippen LogP contribution is -2.29. The standard InChI is InChI=1S/C19H25NO3S/c1-15(2)16-9-11-18(12-10-16)24(22,23)20(3)14-13-19(21)17-7-5-4-6-8-17/h4-12,15,19,21H,13-14H2,1-3H3. The highest BCUT2D eigenvalue weighted by Crippen LogP contribution is 2.21. The predicted molar refractivity (Wildman–Crippen MR) is 96.4 cm³/mol. The summed E-state index contributed by atoms with van der Waals surface area (Å²) in [7, 11) is -1.99. The largest absolute Gasteiger partial charge is 0.388 e. The third kappa shape index (κ3) is 4.44. The Hall–Kier alpha value is -1.69. The Kier molecular flexibility index (Phi) is 6.15. The van der Waals surface area contributed by atoms with Gasteiger partial charge in [0.25, 0.3) is 0 Å². The summed E-state index contributed by atoms with van der Waals surface area (Å²) >= 11 is 0. The molecule has 0 saturated heterocycles. The first kappa shape index (κ1) is 18.6. The summed E-state index contributed by atoms with van der Waals surface area (Å²) in [6.45, 7) is 4.39. The molecule has 2 aromatic rings. The monoisotopic (exact) mass is 347 g/mol. The number of benzene rings is 2. The van der Waals surface area contributed by atoms with E-state index in [1.807, 2.05) is 42.5 Å². The molecule has 4 nitrogen and oxygen atoms in total. The van der Waals surface area contributed by atoms with Gasteiger partial charge in [-0.2, -0.15) is 0 Å². The van der Waals surface area contributed by atoms with Crippen molar-refractivity contribution < 1.29 is 13.5 Å². The lowest BCUT2D eigenvalue weighted by atomic mass is 10.0. The molecule has 0 saturated carbocycles. The maximum absolute atomic E-state index is 12.6. The minimum absolute atomic E-state index is 0.254. The number of hydrogen-bond donors (Lipinski definition) is 1. The van der Waals surface area contributed by atoms with E-state index in [4.69, 9.17) is 0 Å². The molecule has 5 heteroatoms. The highest BCUT2D eigenvalue weighted by Gasteiger charge is 2.21. The van der Waals surface area contributed by atoms with Gasteiger partial charge in [-0.05, 0) is 35.6 Å². The molecule has 0 fully saturated rings. The quantitative estimate of drug-likeness (QED) is 0.833. The van der Waals surface area contributed by atoms with E-state index in [1.165, 1.54) is 4.31 Å². The number of nitrogens with zero attached hydrogens (tertiary/aromatic N) is 1. The van der Waals surface area contributed by atoms with Crippen LogP contribution in [0, 0.1) is 0 Å². The molecular weight excluding hydrogens is 322 g/mol. The van der Waals surface area contributed by atoms with Crippen LogP contribution in [0.15, 0.2) is 59.5 Å². The molecule has 0 aromatic heterocycles. The fourth-order valence-corrected chi connectivity index (χ4v) is 3.66. The normalized spacial score (nSPS) is 13.4. The van der Waals surface area contributed by atoms with Gasteiger partial charge in [0, 0.05) is 13.6 Å². The van der Waals surface area contributed by atoms with Crippen molar-refractivity contribution >= 4 is 10.0 Å². The molecule has 0 spiro atoms. The van der Waals surface area contributed by atoms with Crippen LogP contribution in [0.3, 0.4) is 0 Å². The molecule has 0 radical (unpaired) electrons. The minimum atomic E-state index is -3.54. The summed E-state index contributed by atoms with van der Waals surface area (Å²) in [6.07, 6.45) is -0.323. The zero-order valence-corrected chi connectivity index (χ0v) is 15.2. The van der Waals surface area contributed by atoms with Gasteiger partial charge in [0.2, 0.25) is 10.0 Å². The van der Waals surface area contributed by atoms with Crippen molar-refractivity contribution in [1.82, 2.24) is 4.31 Å². The van der Waals surface area contributed by atoms with Gasteiger partial charge in [-0.3, -0.25) is 0 Å². The van der Waals surface area contributed by atoms with E-state index in [0.717, 1.165) is 11.1 Å². The molecule has 0 heterocycles. The lowest BCUT2D eigenvalue weighted by Gasteiger charge is -2.19. The molecule has 24 heavy (non-hydrogen) atoms. The van der Waals surface area contributed by atoms with E-state index >= 15 is 0 Å². The molecule has 130 valence electrons.